The van der Waals surface area contributed by atoms with E-state index in [1.807, 2.05) is 0 Å². The van der Waals surface area contributed by atoms with Crippen LogP contribution in [0.15, 0.2) is 29.1 Å². The maximum Gasteiger partial charge on any atom is 0.252 e. The van der Waals surface area contributed by atoms with Crippen LogP contribution in [0.25, 0.3) is 10.9 Å². The average Bonchev–Trinajstić information content (AvgIpc) is 2.45. The third-order valence-corrected chi connectivity index (χ3v) is 4.01. The van der Waals surface area contributed by atoms with Gasteiger partial charge in [0.25, 0.3) is 5.91 Å². The first-order valence-electron chi connectivity index (χ1n) is 7.40. The molecule has 1 aromatic carbocycles. The Morgan fingerprint density at radius 2 is 2.13 bits per heavy atom. The number of aromatic amines is 1. The molecule has 2 unspecified atom stereocenters. The minimum Gasteiger partial charge on any atom is -0.349 e. The second-order valence-corrected chi connectivity index (χ2v) is 5.79. The summed E-state index contributed by atoms with van der Waals surface area (Å²) in [6.07, 6.45) is 1.70. The molecule has 2 heterocycles. The molecule has 124 valence electrons. The van der Waals surface area contributed by atoms with Crippen LogP contribution in [0.4, 0.5) is 4.39 Å². The lowest BCUT2D eigenvalue weighted by molar-refractivity contribution is 0.0927. The number of aromatic nitrogens is 1. The number of benzene rings is 1. The SMILES string of the molecule is CC1CC(NC(=O)c2cc(=O)[nH]c3cc(F)ccc23)CCN1.Cl. The predicted molar refractivity (Wildman–Crippen MR) is 89.7 cm³/mol. The third-order valence-electron chi connectivity index (χ3n) is 4.01. The fourth-order valence-electron chi connectivity index (χ4n) is 2.95. The van der Waals surface area contributed by atoms with E-state index < -0.39 is 11.4 Å². The van der Waals surface area contributed by atoms with Crippen LogP contribution in [0.3, 0.4) is 0 Å². The van der Waals surface area contributed by atoms with E-state index in [1.54, 1.807) is 0 Å². The number of halogens is 2. The molecule has 1 aliphatic rings. The first kappa shape index (κ1) is 17.4. The van der Waals surface area contributed by atoms with Crippen molar-refractivity contribution < 1.29 is 9.18 Å². The topological polar surface area (TPSA) is 74.0 Å². The van der Waals surface area contributed by atoms with Crippen molar-refractivity contribution in [2.75, 3.05) is 6.54 Å². The van der Waals surface area contributed by atoms with E-state index in [-0.39, 0.29) is 29.9 Å². The molecule has 0 aliphatic carbocycles. The number of carbonyl (C=O) groups excluding carboxylic acids is 1. The number of H-pyrrole nitrogens is 1. The molecular formula is C16H19ClFN3O2. The van der Waals surface area contributed by atoms with Gasteiger partial charge < -0.3 is 15.6 Å². The van der Waals surface area contributed by atoms with E-state index >= 15 is 0 Å². The van der Waals surface area contributed by atoms with Crippen LogP contribution >= 0.6 is 12.4 Å². The van der Waals surface area contributed by atoms with Crippen LogP contribution in [0.1, 0.15) is 30.1 Å². The van der Waals surface area contributed by atoms with E-state index in [4.69, 9.17) is 0 Å². The summed E-state index contributed by atoms with van der Waals surface area (Å²) in [4.78, 5) is 26.7. The Balaban J connectivity index is 0.00000192. The highest BCUT2D eigenvalue weighted by molar-refractivity contribution is 6.06. The largest absolute Gasteiger partial charge is 0.349 e. The van der Waals surface area contributed by atoms with E-state index in [1.165, 1.54) is 24.3 Å². The zero-order valence-corrected chi connectivity index (χ0v) is 13.5. The minimum absolute atomic E-state index is 0. The van der Waals surface area contributed by atoms with Crippen LogP contribution < -0.4 is 16.2 Å². The van der Waals surface area contributed by atoms with Crippen molar-refractivity contribution >= 4 is 29.2 Å². The second kappa shape index (κ2) is 7.10. The maximum atomic E-state index is 13.3. The molecule has 7 heteroatoms. The number of hydrogen-bond donors (Lipinski definition) is 3. The highest BCUT2D eigenvalue weighted by Crippen LogP contribution is 2.17. The Kier molecular flexibility index (Phi) is 5.38. The number of nitrogens with one attached hydrogen (secondary N) is 3. The second-order valence-electron chi connectivity index (χ2n) is 5.79. The first-order valence-corrected chi connectivity index (χ1v) is 7.40. The molecule has 3 N–H and O–H groups in total. The van der Waals surface area contributed by atoms with E-state index in [0.29, 0.717) is 16.9 Å². The zero-order chi connectivity index (χ0) is 15.7. The van der Waals surface area contributed by atoms with Gasteiger partial charge in [0.1, 0.15) is 5.82 Å². The molecule has 1 saturated heterocycles. The van der Waals surface area contributed by atoms with Crippen LogP contribution in [0.2, 0.25) is 0 Å². The average molecular weight is 340 g/mol. The molecule has 0 saturated carbocycles. The highest BCUT2D eigenvalue weighted by atomic mass is 35.5. The molecule has 1 aromatic heterocycles. The van der Waals surface area contributed by atoms with Crippen LogP contribution in [0, 0.1) is 5.82 Å². The van der Waals surface area contributed by atoms with Crippen LogP contribution in [-0.2, 0) is 0 Å². The van der Waals surface area contributed by atoms with Crippen molar-refractivity contribution in [2.24, 2.45) is 0 Å². The van der Waals surface area contributed by atoms with Gasteiger partial charge in [-0.1, -0.05) is 0 Å². The van der Waals surface area contributed by atoms with Crippen LogP contribution in [-0.4, -0.2) is 29.5 Å². The smallest absolute Gasteiger partial charge is 0.252 e. The van der Waals surface area contributed by atoms with Gasteiger partial charge >= 0.3 is 0 Å². The van der Waals surface area contributed by atoms with Crippen molar-refractivity contribution in [1.29, 1.82) is 0 Å². The van der Waals surface area contributed by atoms with Gasteiger partial charge in [-0.3, -0.25) is 9.59 Å². The quantitative estimate of drug-likeness (QED) is 0.783. The predicted octanol–water partition coefficient (Wildman–Crippen LogP) is 1.96. The highest BCUT2D eigenvalue weighted by Gasteiger charge is 2.21. The van der Waals surface area contributed by atoms with Gasteiger partial charge in [0.2, 0.25) is 5.56 Å². The number of amides is 1. The van der Waals surface area contributed by atoms with E-state index in [0.717, 1.165) is 19.4 Å². The number of rotatable bonds is 2. The molecule has 3 rings (SSSR count). The van der Waals surface area contributed by atoms with Gasteiger partial charge in [0.05, 0.1) is 11.1 Å². The Bertz CT molecular complexity index is 777. The number of pyridine rings is 1. The van der Waals surface area contributed by atoms with Gasteiger partial charge in [-0.15, -0.1) is 12.4 Å². The summed E-state index contributed by atoms with van der Waals surface area (Å²) >= 11 is 0. The number of fused-ring (bicyclic) bond motifs is 1. The van der Waals surface area contributed by atoms with E-state index in [2.05, 4.69) is 22.5 Å². The number of piperidine rings is 1. The minimum atomic E-state index is -0.451. The summed E-state index contributed by atoms with van der Waals surface area (Å²) in [7, 11) is 0. The molecular weight excluding hydrogens is 321 g/mol. The molecule has 1 amide bonds. The Morgan fingerprint density at radius 3 is 2.87 bits per heavy atom. The molecule has 1 fully saturated rings. The van der Waals surface area contributed by atoms with Gasteiger partial charge in [0, 0.05) is 23.5 Å². The van der Waals surface area contributed by atoms with Crippen LogP contribution in [0.5, 0.6) is 0 Å². The third kappa shape index (κ3) is 3.89. The summed E-state index contributed by atoms with van der Waals surface area (Å²) < 4.78 is 13.3. The maximum absolute atomic E-state index is 13.3. The van der Waals surface area contributed by atoms with Crippen molar-refractivity contribution in [1.82, 2.24) is 15.6 Å². The van der Waals surface area contributed by atoms with Crippen molar-refractivity contribution in [2.45, 2.75) is 31.8 Å². The standard InChI is InChI=1S/C16H18FN3O2.ClH/c1-9-6-11(4-5-18-9)19-16(22)13-8-15(21)20-14-7-10(17)2-3-12(13)14;/h2-3,7-9,11,18H,4-6H2,1H3,(H,19,22)(H,20,21);1H. The molecule has 23 heavy (non-hydrogen) atoms. The Morgan fingerprint density at radius 1 is 1.35 bits per heavy atom. The Hall–Kier alpha value is -1.92. The van der Waals surface area contributed by atoms with Crippen molar-refractivity contribution in [3.8, 4) is 0 Å². The van der Waals surface area contributed by atoms with Gasteiger partial charge in [0.15, 0.2) is 0 Å². The molecule has 0 spiro atoms. The molecule has 0 bridgehead atoms. The first-order chi connectivity index (χ1) is 10.5. The monoisotopic (exact) mass is 339 g/mol. The molecule has 2 aromatic rings. The summed E-state index contributed by atoms with van der Waals surface area (Å²) in [6, 6.07) is 5.72. The molecule has 0 radical (unpaired) electrons. The molecule has 2 atom stereocenters. The lowest BCUT2D eigenvalue weighted by atomic mass is 10.00. The zero-order valence-electron chi connectivity index (χ0n) is 12.7. The van der Waals surface area contributed by atoms with Gasteiger partial charge in [-0.05, 0) is 44.5 Å². The van der Waals surface area contributed by atoms with Crippen molar-refractivity contribution in [3.05, 3.63) is 46.0 Å². The lowest BCUT2D eigenvalue weighted by Crippen LogP contribution is -2.46. The van der Waals surface area contributed by atoms with Gasteiger partial charge in [-0.25, -0.2) is 4.39 Å². The summed E-state index contributed by atoms with van der Waals surface area (Å²) in [5.74, 6) is -0.741. The molecule has 1 aliphatic heterocycles. The van der Waals surface area contributed by atoms with Gasteiger partial charge in [-0.2, -0.15) is 0 Å². The van der Waals surface area contributed by atoms with E-state index in [9.17, 15) is 14.0 Å². The fourth-order valence-corrected chi connectivity index (χ4v) is 2.95. The number of carbonyl (C=O) groups is 1. The normalized spacial score (nSPS) is 20.8. The fraction of sp³-hybridized carbons (Fsp3) is 0.375. The number of hydrogen-bond acceptors (Lipinski definition) is 3. The summed E-state index contributed by atoms with van der Waals surface area (Å²) in [5.41, 5.74) is 0.197. The summed E-state index contributed by atoms with van der Waals surface area (Å²) in [5, 5.41) is 6.84. The Labute approximate surface area is 139 Å². The summed E-state index contributed by atoms with van der Waals surface area (Å²) in [6.45, 7) is 2.93. The van der Waals surface area contributed by atoms with Crippen molar-refractivity contribution in [3.63, 3.8) is 0 Å². The molecule has 5 nitrogen and oxygen atoms in total. The lowest BCUT2D eigenvalue weighted by Gasteiger charge is -2.28.